The number of methoxy groups -OCH3 is 1. The van der Waals surface area contributed by atoms with E-state index in [0.717, 1.165) is 22.2 Å². The van der Waals surface area contributed by atoms with Crippen molar-refractivity contribution >= 4 is 22.5 Å². The number of anilines is 1. The highest BCUT2D eigenvalue weighted by molar-refractivity contribution is 6.12. The van der Waals surface area contributed by atoms with E-state index in [1.54, 1.807) is 13.2 Å². The third-order valence-electron chi connectivity index (χ3n) is 3.81. The average molecular weight is 321 g/mol. The molecule has 0 atom stereocenters. The molecule has 1 amide bonds. The Morgan fingerprint density at radius 1 is 1.21 bits per heavy atom. The number of fused-ring (bicyclic) bond motifs is 1. The van der Waals surface area contributed by atoms with Crippen LogP contribution in [0.1, 0.15) is 21.6 Å². The first kappa shape index (κ1) is 16.0. The van der Waals surface area contributed by atoms with Crippen molar-refractivity contribution in [3.63, 3.8) is 0 Å². The van der Waals surface area contributed by atoms with Crippen LogP contribution in [0.15, 0.2) is 48.5 Å². The van der Waals surface area contributed by atoms with Gasteiger partial charge in [-0.15, -0.1) is 0 Å². The van der Waals surface area contributed by atoms with E-state index in [4.69, 9.17) is 10.5 Å². The fourth-order valence-corrected chi connectivity index (χ4v) is 2.63. The molecule has 0 bridgehead atoms. The van der Waals surface area contributed by atoms with Gasteiger partial charge in [0.2, 0.25) is 0 Å². The lowest BCUT2D eigenvalue weighted by Gasteiger charge is -2.11. The number of carbonyl (C=O) groups is 1. The van der Waals surface area contributed by atoms with Gasteiger partial charge in [-0.3, -0.25) is 9.78 Å². The maximum absolute atomic E-state index is 12.8. The van der Waals surface area contributed by atoms with Gasteiger partial charge in [0.1, 0.15) is 5.75 Å². The van der Waals surface area contributed by atoms with Gasteiger partial charge < -0.3 is 15.8 Å². The van der Waals surface area contributed by atoms with E-state index in [0.29, 0.717) is 23.5 Å². The number of hydrogen-bond donors (Lipinski definition) is 2. The molecule has 0 saturated heterocycles. The molecule has 3 aromatic rings. The smallest absolute Gasteiger partial charge is 0.256 e. The minimum atomic E-state index is -0.187. The summed E-state index contributed by atoms with van der Waals surface area (Å²) in [7, 11) is 1.60. The van der Waals surface area contributed by atoms with Crippen molar-refractivity contribution in [2.75, 3.05) is 12.4 Å². The van der Waals surface area contributed by atoms with E-state index in [1.807, 2.05) is 49.4 Å². The maximum Gasteiger partial charge on any atom is 0.256 e. The zero-order chi connectivity index (χ0) is 17.1. The van der Waals surface area contributed by atoms with Crippen LogP contribution < -0.4 is 15.8 Å². The van der Waals surface area contributed by atoms with Gasteiger partial charge in [-0.2, -0.15) is 0 Å². The number of benzene rings is 2. The highest BCUT2D eigenvalue weighted by atomic mass is 16.5. The number of nitrogens with two attached hydrogens (primary N) is 1. The van der Waals surface area contributed by atoms with E-state index >= 15 is 0 Å². The van der Waals surface area contributed by atoms with E-state index in [9.17, 15) is 4.79 Å². The standard InChI is InChI=1S/C19H19N3O2/c1-12-8-17(16-10-15(24-2)6-7-18(16)21-12)19(23)22-14-5-3-4-13(9-14)11-20/h3-10H,11,20H2,1-2H3,(H,22,23). The second-order valence-corrected chi connectivity index (χ2v) is 5.55. The van der Waals surface area contributed by atoms with Crippen LogP contribution in [0, 0.1) is 6.92 Å². The molecule has 2 aromatic carbocycles. The predicted octanol–water partition coefficient (Wildman–Crippen LogP) is 3.26. The number of aryl methyl sites for hydroxylation is 1. The van der Waals surface area contributed by atoms with Gasteiger partial charge in [-0.25, -0.2) is 0 Å². The summed E-state index contributed by atoms with van der Waals surface area (Å²) in [5.74, 6) is 0.500. The van der Waals surface area contributed by atoms with Crippen LogP contribution in [0.3, 0.4) is 0 Å². The van der Waals surface area contributed by atoms with Gasteiger partial charge >= 0.3 is 0 Å². The number of rotatable bonds is 4. The summed E-state index contributed by atoms with van der Waals surface area (Å²) >= 11 is 0. The van der Waals surface area contributed by atoms with Gasteiger partial charge in [0.05, 0.1) is 18.2 Å². The Hall–Kier alpha value is -2.92. The van der Waals surface area contributed by atoms with E-state index < -0.39 is 0 Å². The fourth-order valence-electron chi connectivity index (χ4n) is 2.63. The molecule has 1 aromatic heterocycles. The number of aromatic nitrogens is 1. The van der Waals surface area contributed by atoms with Crippen LogP contribution >= 0.6 is 0 Å². The number of hydrogen-bond acceptors (Lipinski definition) is 4. The molecule has 5 nitrogen and oxygen atoms in total. The molecule has 0 radical (unpaired) electrons. The first-order chi connectivity index (χ1) is 11.6. The molecule has 0 aliphatic heterocycles. The Kier molecular flexibility index (Phi) is 4.44. The van der Waals surface area contributed by atoms with Crippen molar-refractivity contribution in [1.29, 1.82) is 0 Å². The monoisotopic (exact) mass is 321 g/mol. The normalized spacial score (nSPS) is 10.6. The molecule has 0 aliphatic carbocycles. The predicted molar refractivity (Wildman–Crippen MR) is 95.3 cm³/mol. The van der Waals surface area contributed by atoms with E-state index in [2.05, 4.69) is 10.3 Å². The number of pyridine rings is 1. The summed E-state index contributed by atoms with van der Waals surface area (Å²) in [6, 6.07) is 14.8. The van der Waals surface area contributed by atoms with Crippen molar-refractivity contribution < 1.29 is 9.53 Å². The fraction of sp³-hybridized carbons (Fsp3) is 0.158. The Morgan fingerprint density at radius 3 is 2.79 bits per heavy atom. The quantitative estimate of drug-likeness (QED) is 0.773. The van der Waals surface area contributed by atoms with Crippen LogP contribution in [0.25, 0.3) is 10.9 Å². The van der Waals surface area contributed by atoms with Crippen molar-refractivity contribution in [2.24, 2.45) is 5.73 Å². The number of ether oxygens (including phenoxy) is 1. The van der Waals surface area contributed by atoms with Gasteiger partial charge in [0, 0.05) is 23.3 Å². The van der Waals surface area contributed by atoms with Gasteiger partial charge in [-0.1, -0.05) is 12.1 Å². The van der Waals surface area contributed by atoms with Crippen LogP contribution in [0.2, 0.25) is 0 Å². The summed E-state index contributed by atoms with van der Waals surface area (Å²) < 4.78 is 5.26. The SMILES string of the molecule is COc1ccc2nc(C)cc(C(=O)Nc3cccc(CN)c3)c2c1. The van der Waals surface area contributed by atoms with Gasteiger partial charge in [-0.05, 0) is 48.9 Å². The summed E-state index contributed by atoms with van der Waals surface area (Å²) in [4.78, 5) is 17.2. The number of nitrogens with one attached hydrogen (secondary N) is 1. The second-order valence-electron chi connectivity index (χ2n) is 5.55. The Balaban J connectivity index is 2.02. The Morgan fingerprint density at radius 2 is 2.04 bits per heavy atom. The molecule has 0 saturated carbocycles. The highest BCUT2D eigenvalue weighted by Crippen LogP contribution is 2.24. The molecule has 0 aliphatic rings. The lowest BCUT2D eigenvalue weighted by molar-refractivity contribution is 0.102. The minimum absolute atomic E-state index is 0.187. The lowest BCUT2D eigenvalue weighted by Crippen LogP contribution is -2.13. The summed E-state index contributed by atoms with van der Waals surface area (Å²) in [5, 5.41) is 3.68. The minimum Gasteiger partial charge on any atom is -0.497 e. The first-order valence-electron chi connectivity index (χ1n) is 7.66. The van der Waals surface area contributed by atoms with Crippen LogP contribution in [0.5, 0.6) is 5.75 Å². The first-order valence-corrected chi connectivity index (χ1v) is 7.66. The molecular formula is C19H19N3O2. The number of nitrogens with zero attached hydrogens (tertiary/aromatic N) is 1. The third kappa shape index (κ3) is 3.21. The van der Waals surface area contributed by atoms with Crippen molar-refractivity contribution in [3.8, 4) is 5.75 Å². The molecular weight excluding hydrogens is 302 g/mol. The molecule has 24 heavy (non-hydrogen) atoms. The van der Waals surface area contributed by atoms with Crippen molar-refractivity contribution in [2.45, 2.75) is 13.5 Å². The topological polar surface area (TPSA) is 77.2 Å². The van der Waals surface area contributed by atoms with Crippen LogP contribution in [-0.2, 0) is 6.54 Å². The van der Waals surface area contributed by atoms with E-state index in [-0.39, 0.29) is 5.91 Å². The molecule has 3 N–H and O–H groups in total. The van der Waals surface area contributed by atoms with Gasteiger partial charge in [0.15, 0.2) is 0 Å². The molecule has 5 heteroatoms. The van der Waals surface area contributed by atoms with Crippen LogP contribution in [0.4, 0.5) is 5.69 Å². The molecule has 3 rings (SSSR count). The molecule has 1 heterocycles. The highest BCUT2D eigenvalue weighted by Gasteiger charge is 2.13. The van der Waals surface area contributed by atoms with Crippen molar-refractivity contribution in [3.05, 3.63) is 65.4 Å². The largest absolute Gasteiger partial charge is 0.497 e. The molecule has 0 fully saturated rings. The third-order valence-corrected chi connectivity index (χ3v) is 3.81. The summed E-state index contributed by atoms with van der Waals surface area (Å²) in [6.45, 7) is 2.30. The maximum atomic E-state index is 12.8. The average Bonchev–Trinajstić information content (AvgIpc) is 2.60. The number of amides is 1. The molecule has 0 spiro atoms. The Labute approximate surface area is 140 Å². The zero-order valence-corrected chi connectivity index (χ0v) is 13.7. The molecule has 122 valence electrons. The lowest BCUT2D eigenvalue weighted by atomic mass is 10.1. The number of carbonyl (C=O) groups excluding carboxylic acids is 1. The second kappa shape index (κ2) is 6.68. The molecule has 0 unspecified atom stereocenters. The Bertz CT molecular complexity index is 906. The van der Waals surface area contributed by atoms with Crippen molar-refractivity contribution in [1.82, 2.24) is 4.98 Å². The van der Waals surface area contributed by atoms with Gasteiger partial charge in [0.25, 0.3) is 5.91 Å². The van der Waals surface area contributed by atoms with E-state index in [1.165, 1.54) is 0 Å². The summed E-state index contributed by atoms with van der Waals surface area (Å²) in [6.07, 6.45) is 0. The zero-order valence-electron chi connectivity index (χ0n) is 13.7. The van der Waals surface area contributed by atoms with Crippen LogP contribution in [-0.4, -0.2) is 18.0 Å². The summed E-state index contributed by atoms with van der Waals surface area (Å²) in [5.41, 5.74) is 9.44.